The molecule has 3 rings (SSSR count). The lowest BCUT2D eigenvalue weighted by molar-refractivity contribution is -0.218. The van der Waals surface area contributed by atoms with E-state index in [-0.39, 0.29) is 24.6 Å². The molecule has 5 heteroatoms. The molecule has 4 atom stereocenters. The molecule has 0 aliphatic carbocycles. The molecule has 2 aliphatic rings. The lowest BCUT2D eigenvalue weighted by atomic mass is 10.1. The van der Waals surface area contributed by atoms with Crippen LogP contribution in [0.4, 0.5) is 0 Å². The molecule has 0 unspecified atom stereocenters. The van der Waals surface area contributed by atoms with Gasteiger partial charge in [-0.3, -0.25) is 0 Å². The van der Waals surface area contributed by atoms with Crippen molar-refractivity contribution in [2.45, 2.75) is 76.9 Å². The molecule has 2 aliphatic heterocycles. The van der Waals surface area contributed by atoms with E-state index in [0.29, 0.717) is 13.0 Å². The summed E-state index contributed by atoms with van der Waals surface area (Å²) in [7, 11) is -1.39. The largest absolute Gasteiger partial charge is 0.368 e. The van der Waals surface area contributed by atoms with Crippen LogP contribution in [0.3, 0.4) is 0 Å². The summed E-state index contributed by atoms with van der Waals surface area (Å²) in [6, 6.07) is 10.2. The van der Waals surface area contributed by atoms with Crippen molar-refractivity contribution in [1.29, 1.82) is 0 Å². The fourth-order valence-electron chi connectivity index (χ4n) is 3.10. The van der Waals surface area contributed by atoms with Crippen molar-refractivity contribution in [2.24, 2.45) is 0 Å². The number of hydrogen-bond acceptors (Lipinski definition) is 4. The summed E-state index contributed by atoms with van der Waals surface area (Å²) in [6.07, 6.45) is -0.252. The van der Waals surface area contributed by atoms with Gasteiger partial charge in [-0.15, -0.1) is 11.5 Å². The van der Waals surface area contributed by atoms with Gasteiger partial charge in [0.25, 0.3) is 0 Å². The van der Waals surface area contributed by atoms with Crippen LogP contribution in [-0.2, 0) is 25.6 Å². The molecular weight excluding hydrogens is 332 g/mol. The van der Waals surface area contributed by atoms with Crippen LogP contribution in [0.15, 0.2) is 30.3 Å². The van der Waals surface area contributed by atoms with Gasteiger partial charge in [0, 0.05) is 6.42 Å². The first-order valence-corrected chi connectivity index (χ1v) is 12.4. The molecule has 0 spiro atoms. The average molecular weight is 361 g/mol. The first-order valence-electron chi connectivity index (χ1n) is 8.90. The Morgan fingerprint density at radius 2 is 1.84 bits per heavy atom. The highest BCUT2D eigenvalue weighted by molar-refractivity contribution is 6.83. The minimum atomic E-state index is -1.39. The van der Waals surface area contributed by atoms with Crippen LogP contribution in [0.5, 0.6) is 0 Å². The fourth-order valence-corrected chi connectivity index (χ4v) is 3.73. The first-order chi connectivity index (χ1) is 11.7. The van der Waals surface area contributed by atoms with Crippen molar-refractivity contribution in [3.05, 3.63) is 35.9 Å². The number of hydrogen-bond donors (Lipinski definition) is 0. The second kappa shape index (κ2) is 7.22. The third-order valence-corrected chi connectivity index (χ3v) is 5.07. The standard InChI is InChI=1S/C20H28O4Si/c1-20(2)23-18-17(21-14-15-10-7-6-8-11-15)16(22-19(18)24-20)12-9-13-25(3,4)5/h6-8,10-11,16-19H,12,14H2,1-5H3/t16-,17-,18-,19-/m1/s1. The van der Waals surface area contributed by atoms with Gasteiger partial charge in [0.05, 0.1) is 6.61 Å². The molecule has 0 bridgehead atoms. The summed E-state index contributed by atoms with van der Waals surface area (Å²) >= 11 is 0. The van der Waals surface area contributed by atoms with Gasteiger partial charge in [0.2, 0.25) is 0 Å². The molecule has 0 radical (unpaired) electrons. The Balaban J connectivity index is 1.69. The minimum Gasteiger partial charge on any atom is -0.368 e. The molecule has 2 fully saturated rings. The van der Waals surface area contributed by atoms with E-state index in [0.717, 1.165) is 5.56 Å². The Bertz CT molecular complexity index is 641. The summed E-state index contributed by atoms with van der Waals surface area (Å²) in [6.45, 7) is 11.1. The molecule has 25 heavy (non-hydrogen) atoms. The van der Waals surface area contributed by atoms with E-state index in [2.05, 4.69) is 43.2 Å². The topological polar surface area (TPSA) is 36.9 Å². The predicted octanol–water partition coefficient (Wildman–Crippen LogP) is 3.72. The van der Waals surface area contributed by atoms with Crippen molar-refractivity contribution in [3.63, 3.8) is 0 Å². The highest BCUT2D eigenvalue weighted by Gasteiger charge is 2.55. The van der Waals surface area contributed by atoms with Crippen LogP contribution in [-0.4, -0.2) is 38.5 Å². The Morgan fingerprint density at radius 1 is 1.12 bits per heavy atom. The quantitative estimate of drug-likeness (QED) is 0.606. The van der Waals surface area contributed by atoms with E-state index in [1.165, 1.54) is 0 Å². The molecule has 2 saturated heterocycles. The molecule has 4 nitrogen and oxygen atoms in total. The molecule has 0 aromatic heterocycles. The van der Waals surface area contributed by atoms with Gasteiger partial charge in [-0.25, -0.2) is 0 Å². The summed E-state index contributed by atoms with van der Waals surface area (Å²) in [5.41, 5.74) is 4.53. The molecule has 136 valence electrons. The maximum absolute atomic E-state index is 6.21. The lowest BCUT2D eigenvalue weighted by Gasteiger charge is -2.25. The third kappa shape index (κ3) is 4.93. The number of benzene rings is 1. The fraction of sp³-hybridized carbons (Fsp3) is 0.600. The van der Waals surface area contributed by atoms with Gasteiger partial charge in [0.1, 0.15) is 26.4 Å². The highest BCUT2D eigenvalue weighted by atomic mass is 28.3. The van der Waals surface area contributed by atoms with Crippen LogP contribution in [0.25, 0.3) is 0 Å². The second-order valence-corrected chi connectivity index (χ2v) is 12.9. The second-order valence-electron chi connectivity index (χ2n) is 8.16. The summed E-state index contributed by atoms with van der Waals surface area (Å²) in [5, 5.41) is 0. The van der Waals surface area contributed by atoms with Crippen LogP contribution in [0.2, 0.25) is 19.6 Å². The van der Waals surface area contributed by atoms with Gasteiger partial charge in [-0.1, -0.05) is 50.0 Å². The van der Waals surface area contributed by atoms with E-state index in [9.17, 15) is 0 Å². The predicted molar refractivity (Wildman–Crippen MR) is 99.5 cm³/mol. The Morgan fingerprint density at radius 3 is 2.52 bits per heavy atom. The SMILES string of the molecule is CC1(C)O[C@H]2O[C@H](CC#C[Si](C)(C)C)[C@@H](OCc3ccccc3)[C@H]2O1. The normalized spacial score (nSPS) is 30.6. The Hall–Kier alpha value is -1.16. The Kier molecular flexibility index (Phi) is 5.38. The van der Waals surface area contributed by atoms with E-state index in [1.54, 1.807) is 0 Å². The van der Waals surface area contributed by atoms with E-state index in [1.807, 2.05) is 32.0 Å². The van der Waals surface area contributed by atoms with Crippen LogP contribution >= 0.6 is 0 Å². The monoisotopic (exact) mass is 360 g/mol. The number of fused-ring (bicyclic) bond motifs is 1. The molecule has 2 heterocycles. The van der Waals surface area contributed by atoms with E-state index >= 15 is 0 Å². The first kappa shape index (κ1) is 18.6. The molecule has 1 aromatic rings. The van der Waals surface area contributed by atoms with Gasteiger partial charge in [-0.2, -0.15) is 0 Å². The van der Waals surface area contributed by atoms with Gasteiger partial charge in [0.15, 0.2) is 12.1 Å². The third-order valence-electron chi connectivity index (χ3n) is 4.14. The Labute approximate surface area is 151 Å². The highest BCUT2D eigenvalue weighted by Crippen LogP contribution is 2.39. The van der Waals surface area contributed by atoms with Gasteiger partial charge < -0.3 is 18.9 Å². The van der Waals surface area contributed by atoms with Crippen molar-refractivity contribution in [3.8, 4) is 11.5 Å². The minimum absolute atomic E-state index is 0.126. The van der Waals surface area contributed by atoms with E-state index < -0.39 is 13.9 Å². The molecule has 0 N–H and O–H groups in total. The zero-order chi connectivity index (χ0) is 18.1. The van der Waals surface area contributed by atoms with Gasteiger partial charge in [-0.05, 0) is 19.4 Å². The van der Waals surface area contributed by atoms with Crippen molar-refractivity contribution in [1.82, 2.24) is 0 Å². The molecular formula is C20H28O4Si. The van der Waals surface area contributed by atoms with Gasteiger partial charge >= 0.3 is 0 Å². The zero-order valence-corrected chi connectivity index (χ0v) is 16.7. The molecule has 0 saturated carbocycles. The molecule has 1 aromatic carbocycles. The smallest absolute Gasteiger partial charge is 0.190 e. The van der Waals surface area contributed by atoms with E-state index in [4.69, 9.17) is 18.9 Å². The van der Waals surface area contributed by atoms with Crippen LogP contribution in [0.1, 0.15) is 25.8 Å². The van der Waals surface area contributed by atoms with Crippen LogP contribution < -0.4 is 0 Å². The van der Waals surface area contributed by atoms with Crippen molar-refractivity contribution in [2.75, 3.05) is 0 Å². The number of ether oxygens (including phenoxy) is 4. The maximum atomic E-state index is 6.21. The van der Waals surface area contributed by atoms with Crippen LogP contribution in [0, 0.1) is 11.5 Å². The summed E-state index contributed by atoms with van der Waals surface area (Å²) < 4.78 is 24.2. The zero-order valence-electron chi connectivity index (χ0n) is 15.7. The summed E-state index contributed by atoms with van der Waals surface area (Å²) in [5.74, 6) is 2.66. The lowest BCUT2D eigenvalue weighted by Crippen LogP contribution is -2.36. The van der Waals surface area contributed by atoms with Crippen molar-refractivity contribution >= 4 is 8.07 Å². The maximum Gasteiger partial charge on any atom is 0.190 e. The van der Waals surface area contributed by atoms with Crippen molar-refractivity contribution < 1.29 is 18.9 Å². The summed E-state index contributed by atoms with van der Waals surface area (Å²) in [4.78, 5) is 0. The number of rotatable bonds is 4. The molecule has 0 amide bonds. The average Bonchev–Trinajstić information content (AvgIpc) is 2.96.